The van der Waals surface area contributed by atoms with Crippen LogP contribution in [0.3, 0.4) is 0 Å². The van der Waals surface area contributed by atoms with Crippen LogP contribution in [-0.4, -0.2) is 89.6 Å². The van der Waals surface area contributed by atoms with Gasteiger partial charge in [-0.15, -0.1) is 0 Å². The number of hydrogen-bond donors (Lipinski definition) is 4. The van der Waals surface area contributed by atoms with Crippen molar-refractivity contribution in [1.82, 2.24) is 0 Å². The first-order valence-electron chi connectivity index (χ1n) is 22.0. The van der Waals surface area contributed by atoms with Crippen LogP contribution in [0.25, 0.3) is 0 Å². The summed E-state index contributed by atoms with van der Waals surface area (Å²) in [7, 11) is 0. The standard InChI is InChI=1S/C47H80O9/c1-3-5-7-9-11-13-15-17-18-19-20-21-22-23-24-25-26-28-30-32-34-36-43(49)55-41(40-54-47-46(52)45(51)44(50)42(38-48)56-47)39-53-37-35-33-31-29-27-16-14-12-10-8-6-4-2/h5,7,10-13,17-18,20-21,23-24,41-42,44-48,50-52H,3-4,6,8-9,14-16,19,22,25-40H2,1-2H3/b7-5-,12-10-,13-11-,18-17-,21-20-,24-23-. The zero-order valence-electron chi connectivity index (χ0n) is 35.1. The van der Waals surface area contributed by atoms with Gasteiger partial charge in [0.25, 0.3) is 0 Å². The van der Waals surface area contributed by atoms with Crippen molar-refractivity contribution < 1.29 is 44.2 Å². The van der Waals surface area contributed by atoms with Crippen molar-refractivity contribution in [2.45, 2.75) is 192 Å². The maximum atomic E-state index is 12.8. The van der Waals surface area contributed by atoms with Gasteiger partial charge in [-0.3, -0.25) is 4.79 Å². The van der Waals surface area contributed by atoms with Gasteiger partial charge in [0.15, 0.2) is 6.29 Å². The number of carbonyl (C=O) groups is 1. The number of unbranched alkanes of at least 4 members (excludes halogenated alkanes) is 13. The molecule has 9 heteroatoms. The Morgan fingerprint density at radius 1 is 0.589 bits per heavy atom. The van der Waals surface area contributed by atoms with Crippen molar-refractivity contribution in [3.05, 3.63) is 72.9 Å². The number of aliphatic hydroxyl groups excluding tert-OH is 4. The molecule has 322 valence electrons. The van der Waals surface area contributed by atoms with Gasteiger partial charge in [0.05, 0.1) is 19.8 Å². The highest BCUT2D eigenvalue weighted by atomic mass is 16.7. The largest absolute Gasteiger partial charge is 0.457 e. The second kappa shape index (κ2) is 38.2. The normalized spacial score (nSPS) is 21.3. The maximum absolute atomic E-state index is 12.8. The van der Waals surface area contributed by atoms with E-state index in [0.717, 1.165) is 96.3 Å². The van der Waals surface area contributed by atoms with Crippen LogP contribution in [0.15, 0.2) is 72.9 Å². The second-order valence-electron chi connectivity index (χ2n) is 14.8. The molecule has 0 spiro atoms. The van der Waals surface area contributed by atoms with Crippen LogP contribution in [0.2, 0.25) is 0 Å². The van der Waals surface area contributed by atoms with Crippen LogP contribution in [0, 0.1) is 0 Å². The molecule has 0 aromatic rings. The monoisotopic (exact) mass is 789 g/mol. The average Bonchev–Trinajstić information content (AvgIpc) is 3.20. The Kier molecular flexibility index (Phi) is 35.2. The smallest absolute Gasteiger partial charge is 0.306 e. The zero-order chi connectivity index (χ0) is 40.7. The van der Waals surface area contributed by atoms with E-state index in [2.05, 4.69) is 86.8 Å². The molecule has 0 bridgehead atoms. The average molecular weight is 789 g/mol. The van der Waals surface area contributed by atoms with Crippen LogP contribution in [0.4, 0.5) is 0 Å². The van der Waals surface area contributed by atoms with Gasteiger partial charge in [0.1, 0.15) is 30.5 Å². The zero-order valence-corrected chi connectivity index (χ0v) is 35.1. The summed E-state index contributed by atoms with van der Waals surface area (Å²) in [5.41, 5.74) is 0. The third-order valence-corrected chi connectivity index (χ3v) is 9.61. The van der Waals surface area contributed by atoms with Crippen molar-refractivity contribution in [3.63, 3.8) is 0 Å². The lowest BCUT2D eigenvalue weighted by Crippen LogP contribution is -2.59. The number of hydrogen-bond acceptors (Lipinski definition) is 9. The third kappa shape index (κ3) is 28.9. The molecule has 1 fully saturated rings. The lowest BCUT2D eigenvalue weighted by molar-refractivity contribution is -0.305. The van der Waals surface area contributed by atoms with Crippen LogP contribution < -0.4 is 0 Å². The van der Waals surface area contributed by atoms with Crippen LogP contribution in [0.5, 0.6) is 0 Å². The summed E-state index contributed by atoms with van der Waals surface area (Å²) >= 11 is 0. The van der Waals surface area contributed by atoms with Gasteiger partial charge in [-0.2, -0.15) is 0 Å². The van der Waals surface area contributed by atoms with E-state index in [1.54, 1.807) is 0 Å². The van der Waals surface area contributed by atoms with Gasteiger partial charge in [-0.05, 0) is 77.0 Å². The van der Waals surface area contributed by atoms with Gasteiger partial charge in [-0.25, -0.2) is 0 Å². The molecule has 56 heavy (non-hydrogen) atoms. The Hall–Kier alpha value is -2.37. The van der Waals surface area contributed by atoms with Crippen molar-refractivity contribution in [2.75, 3.05) is 26.4 Å². The first-order valence-corrected chi connectivity index (χ1v) is 22.0. The molecule has 1 saturated heterocycles. The first kappa shape index (κ1) is 51.6. The van der Waals surface area contributed by atoms with Crippen LogP contribution in [0.1, 0.15) is 155 Å². The van der Waals surface area contributed by atoms with Gasteiger partial charge >= 0.3 is 5.97 Å². The Morgan fingerprint density at radius 3 is 1.66 bits per heavy atom. The van der Waals surface area contributed by atoms with E-state index in [0.29, 0.717) is 13.0 Å². The summed E-state index contributed by atoms with van der Waals surface area (Å²) in [6.45, 7) is 4.35. The number of esters is 1. The van der Waals surface area contributed by atoms with Crippen molar-refractivity contribution >= 4 is 5.97 Å². The molecule has 0 amide bonds. The fourth-order valence-corrected chi connectivity index (χ4v) is 6.14. The molecule has 6 unspecified atom stereocenters. The topological polar surface area (TPSA) is 135 Å². The highest BCUT2D eigenvalue weighted by Crippen LogP contribution is 2.22. The molecular formula is C47H80O9. The summed E-state index contributed by atoms with van der Waals surface area (Å²) in [4.78, 5) is 12.8. The number of allylic oxidation sites excluding steroid dienone is 12. The predicted octanol–water partition coefficient (Wildman–Crippen LogP) is 9.69. The highest BCUT2D eigenvalue weighted by Gasteiger charge is 2.44. The maximum Gasteiger partial charge on any atom is 0.306 e. The SMILES string of the molecule is CC/C=C\C/C=C\C/C=C\C/C=C\C/C=C\CCCCCCCC(=O)OC(COCCCCCCCC/C=C\CCCC)COC1OC(CO)C(O)C(O)C1O. The third-order valence-electron chi connectivity index (χ3n) is 9.61. The molecule has 1 aliphatic rings. The molecular weight excluding hydrogens is 709 g/mol. The quantitative estimate of drug-likeness (QED) is 0.0278. The van der Waals surface area contributed by atoms with Crippen molar-refractivity contribution in [2.24, 2.45) is 0 Å². The van der Waals surface area contributed by atoms with E-state index < -0.39 is 43.4 Å². The molecule has 1 rings (SSSR count). The lowest BCUT2D eigenvalue weighted by atomic mass is 9.99. The van der Waals surface area contributed by atoms with E-state index in [-0.39, 0.29) is 19.2 Å². The molecule has 1 heterocycles. The van der Waals surface area contributed by atoms with Gasteiger partial charge in [0, 0.05) is 13.0 Å². The lowest BCUT2D eigenvalue weighted by Gasteiger charge is -2.39. The Morgan fingerprint density at radius 2 is 1.09 bits per heavy atom. The van der Waals surface area contributed by atoms with Gasteiger partial charge in [-0.1, -0.05) is 145 Å². The summed E-state index contributed by atoms with van der Waals surface area (Å²) < 4.78 is 22.7. The molecule has 4 N–H and O–H groups in total. The molecule has 9 nitrogen and oxygen atoms in total. The fraction of sp³-hybridized carbons (Fsp3) is 0.723. The Balaban J connectivity index is 2.29. The minimum absolute atomic E-state index is 0.128. The summed E-state index contributed by atoms with van der Waals surface area (Å²) in [6.07, 6.45) is 42.1. The molecule has 0 saturated carbocycles. The minimum Gasteiger partial charge on any atom is -0.457 e. The minimum atomic E-state index is -1.54. The molecule has 0 radical (unpaired) electrons. The fourth-order valence-electron chi connectivity index (χ4n) is 6.14. The van der Waals surface area contributed by atoms with E-state index in [4.69, 9.17) is 18.9 Å². The predicted molar refractivity (Wildman–Crippen MR) is 228 cm³/mol. The summed E-state index contributed by atoms with van der Waals surface area (Å²) in [5.74, 6) is -0.338. The van der Waals surface area contributed by atoms with E-state index in [9.17, 15) is 25.2 Å². The summed E-state index contributed by atoms with van der Waals surface area (Å²) in [6, 6.07) is 0. The van der Waals surface area contributed by atoms with Crippen molar-refractivity contribution in [1.29, 1.82) is 0 Å². The molecule has 1 aliphatic heterocycles. The number of ether oxygens (including phenoxy) is 4. The van der Waals surface area contributed by atoms with E-state index in [1.807, 2.05) is 0 Å². The van der Waals surface area contributed by atoms with E-state index >= 15 is 0 Å². The second-order valence-corrected chi connectivity index (χ2v) is 14.8. The molecule has 0 aliphatic carbocycles. The van der Waals surface area contributed by atoms with Gasteiger partial charge < -0.3 is 39.4 Å². The molecule has 6 atom stereocenters. The summed E-state index contributed by atoms with van der Waals surface area (Å²) in [5, 5.41) is 40.1. The molecule has 0 aromatic heterocycles. The van der Waals surface area contributed by atoms with Gasteiger partial charge in [0.2, 0.25) is 0 Å². The highest BCUT2D eigenvalue weighted by molar-refractivity contribution is 5.69. The Labute approximate surface area is 340 Å². The van der Waals surface area contributed by atoms with E-state index in [1.165, 1.54) is 38.5 Å². The van der Waals surface area contributed by atoms with Crippen molar-refractivity contribution in [3.8, 4) is 0 Å². The number of carbonyl (C=O) groups excluding carboxylic acids is 1. The number of aliphatic hydroxyl groups is 4. The first-order chi connectivity index (χ1) is 27.4. The Bertz CT molecular complexity index is 1080. The van der Waals surface area contributed by atoms with Crippen LogP contribution >= 0.6 is 0 Å². The number of rotatable bonds is 36. The molecule has 0 aromatic carbocycles. The van der Waals surface area contributed by atoms with Crippen LogP contribution in [-0.2, 0) is 23.7 Å².